The van der Waals surface area contributed by atoms with Crippen molar-refractivity contribution in [1.82, 2.24) is 0 Å². The van der Waals surface area contributed by atoms with Crippen LogP contribution in [0.1, 0.15) is 11.1 Å². The second kappa shape index (κ2) is 9.05. The molecular formula is C16H16BrF2O5PS2. The van der Waals surface area contributed by atoms with Crippen LogP contribution < -0.4 is 4.52 Å². The molecule has 0 spiro atoms. The van der Waals surface area contributed by atoms with E-state index in [2.05, 4.69) is 20.5 Å². The molecule has 0 amide bonds. The van der Waals surface area contributed by atoms with Gasteiger partial charge in [0, 0.05) is 17.8 Å². The molecule has 0 aliphatic rings. The molecule has 0 saturated heterocycles. The average Bonchev–Trinajstić information content (AvgIpc) is 2.57. The third-order valence-corrected chi connectivity index (χ3v) is 7.14. The van der Waals surface area contributed by atoms with Crippen molar-refractivity contribution in [3.8, 4) is 5.75 Å². The van der Waals surface area contributed by atoms with E-state index >= 15 is 0 Å². The van der Waals surface area contributed by atoms with Crippen molar-refractivity contribution in [2.45, 2.75) is 22.6 Å². The van der Waals surface area contributed by atoms with Crippen LogP contribution in [0, 0.1) is 0 Å². The molecule has 1 N–H and O–H groups in total. The first kappa shape index (κ1) is 22.4. The van der Waals surface area contributed by atoms with Crippen LogP contribution in [0.3, 0.4) is 0 Å². The zero-order valence-electron chi connectivity index (χ0n) is 14.0. The van der Waals surface area contributed by atoms with Crippen LogP contribution in [-0.4, -0.2) is 25.7 Å². The maximum Gasteiger partial charge on any atom is 0.442 e. The Morgan fingerprint density at radius 1 is 1.15 bits per heavy atom. The minimum atomic E-state index is -5.02. The van der Waals surface area contributed by atoms with Crippen molar-refractivity contribution in [2.24, 2.45) is 0 Å². The second-order valence-corrected chi connectivity index (χ2v) is 11.2. The van der Waals surface area contributed by atoms with Crippen LogP contribution in [0.2, 0.25) is 0 Å². The molecule has 2 aromatic rings. The zero-order chi connectivity index (χ0) is 20.2. The molecule has 0 aliphatic carbocycles. The molecule has 0 aromatic heterocycles. The summed E-state index contributed by atoms with van der Waals surface area (Å²) in [4.78, 5) is 9.36. The number of halogens is 3. The summed E-state index contributed by atoms with van der Waals surface area (Å²) in [5, 5.41) is 0. The first-order valence-electron chi connectivity index (χ1n) is 7.44. The highest BCUT2D eigenvalue weighted by molar-refractivity contribution is 9.10. The molecule has 1 unspecified atom stereocenters. The number of benzene rings is 2. The molecule has 11 heteroatoms. The van der Waals surface area contributed by atoms with Crippen molar-refractivity contribution in [3.63, 3.8) is 0 Å². The van der Waals surface area contributed by atoms with Gasteiger partial charge in [-0.1, -0.05) is 18.2 Å². The second-order valence-electron chi connectivity index (χ2n) is 5.61. The van der Waals surface area contributed by atoms with Crippen molar-refractivity contribution in [2.75, 3.05) is 6.26 Å². The van der Waals surface area contributed by atoms with Gasteiger partial charge in [0.2, 0.25) is 0 Å². The van der Waals surface area contributed by atoms with E-state index in [-0.39, 0.29) is 10.6 Å². The van der Waals surface area contributed by atoms with Crippen LogP contribution in [0.25, 0.3) is 0 Å². The van der Waals surface area contributed by atoms with E-state index < -0.39 is 23.6 Å². The van der Waals surface area contributed by atoms with E-state index in [0.717, 1.165) is 17.4 Å². The van der Waals surface area contributed by atoms with E-state index in [0.29, 0.717) is 16.0 Å². The van der Waals surface area contributed by atoms with Crippen LogP contribution in [0.15, 0.2) is 51.8 Å². The summed E-state index contributed by atoms with van der Waals surface area (Å²) in [6, 6.07) is 11.2. The van der Waals surface area contributed by atoms with Crippen LogP contribution in [0.4, 0.5) is 8.78 Å². The minimum Gasteiger partial charge on any atom is -0.420 e. The fourth-order valence-corrected chi connectivity index (χ4v) is 4.74. The Kier molecular flexibility index (Phi) is 7.49. The first-order chi connectivity index (χ1) is 12.5. The largest absolute Gasteiger partial charge is 0.442 e. The van der Waals surface area contributed by atoms with Crippen LogP contribution in [-0.2, 0) is 25.9 Å². The molecule has 0 bridgehead atoms. The summed E-state index contributed by atoms with van der Waals surface area (Å²) >= 11 is 4.71. The van der Waals surface area contributed by atoms with E-state index in [4.69, 9.17) is 4.89 Å². The average molecular weight is 501 g/mol. The lowest BCUT2D eigenvalue weighted by Gasteiger charge is -2.14. The van der Waals surface area contributed by atoms with Gasteiger partial charge in [0.25, 0.3) is 0 Å². The molecule has 148 valence electrons. The predicted octanol–water partition coefficient (Wildman–Crippen LogP) is 5.07. The van der Waals surface area contributed by atoms with Crippen molar-refractivity contribution in [1.29, 1.82) is 0 Å². The summed E-state index contributed by atoms with van der Waals surface area (Å²) in [6.45, 7) is 0. The van der Waals surface area contributed by atoms with E-state index in [1.54, 1.807) is 48.2 Å². The summed E-state index contributed by atoms with van der Waals surface area (Å²) in [6.07, 6.45) is -2.33. The monoisotopic (exact) mass is 500 g/mol. The fraction of sp³-hybridized carbons (Fsp3) is 0.250. The van der Waals surface area contributed by atoms with Gasteiger partial charge in [0.15, 0.2) is 9.84 Å². The Labute approximate surface area is 168 Å². The van der Waals surface area contributed by atoms with Gasteiger partial charge in [-0.2, -0.15) is 20.5 Å². The van der Waals surface area contributed by atoms with Crippen LogP contribution >= 0.6 is 35.3 Å². The van der Waals surface area contributed by atoms with Crippen LogP contribution in [0.5, 0.6) is 5.75 Å². The standard InChI is InChI=1S/C16H16BrF2O5PS2/c1-27(22,23)13-5-2-11(3-6-13)9-26-10-12-4-7-15(14(17)8-12)24-25(20,21)16(18)19/h2-8,16H,9-10H2,1H3,(H,20,21). The molecule has 5 nitrogen and oxygen atoms in total. The maximum atomic E-state index is 12.4. The number of hydrogen-bond donors (Lipinski definition) is 1. The minimum absolute atomic E-state index is 0.133. The van der Waals surface area contributed by atoms with E-state index in [1.165, 1.54) is 6.07 Å². The lowest BCUT2D eigenvalue weighted by atomic mass is 10.2. The Hall–Kier alpha value is -0.930. The Bertz CT molecular complexity index is 952. The lowest BCUT2D eigenvalue weighted by Crippen LogP contribution is -2.01. The number of rotatable bonds is 8. The molecule has 0 aliphatic heterocycles. The van der Waals surface area contributed by atoms with Gasteiger partial charge >= 0.3 is 13.8 Å². The van der Waals surface area contributed by atoms with Gasteiger partial charge in [0.05, 0.1) is 9.37 Å². The fourth-order valence-electron chi connectivity index (χ4n) is 2.01. The topological polar surface area (TPSA) is 80.7 Å². The summed E-state index contributed by atoms with van der Waals surface area (Å²) in [5.74, 6) is 1.11. The summed E-state index contributed by atoms with van der Waals surface area (Å²) < 4.78 is 63.8. The predicted molar refractivity (Wildman–Crippen MR) is 105 cm³/mol. The normalized spacial score (nSPS) is 14.1. The smallest absolute Gasteiger partial charge is 0.420 e. The lowest BCUT2D eigenvalue weighted by molar-refractivity contribution is 0.188. The van der Waals surface area contributed by atoms with E-state index in [1.807, 2.05) is 0 Å². The van der Waals surface area contributed by atoms with Gasteiger partial charge in [-0.05, 0) is 51.3 Å². The first-order valence-corrected chi connectivity index (χ1v) is 12.9. The van der Waals surface area contributed by atoms with E-state index in [9.17, 15) is 21.8 Å². The maximum absolute atomic E-state index is 12.4. The molecule has 0 heterocycles. The van der Waals surface area contributed by atoms with Crippen molar-refractivity contribution >= 4 is 45.1 Å². The molecule has 0 saturated carbocycles. The number of sulfone groups is 1. The van der Waals surface area contributed by atoms with Gasteiger partial charge < -0.3 is 9.42 Å². The van der Waals surface area contributed by atoms with Crippen molar-refractivity contribution in [3.05, 3.63) is 58.1 Å². The molecule has 0 fully saturated rings. The third-order valence-electron chi connectivity index (χ3n) is 3.36. The Morgan fingerprint density at radius 2 is 1.70 bits per heavy atom. The molecule has 1 atom stereocenters. The molecule has 2 rings (SSSR count). The molecule has 27 heavy (non-hydrogen) atoms. The molecule has 0 radical (unpaired) electrons. The molecular weight excluding hydrogens is 485 g/mol. The SMILES string of the molecule is CS(=O)(=O)c1ccc(CSCc2ccc(OP(=O)(O)C(F)F)c(Br)c2)cc1. The number of hydrogen-bond acceptors (Lipinski definition) is 5. The van der Waals surface area contributed by atoms with Gasteiger partial charge in [-0.25, -0.2) is 13.0 Å². The zero-order valence-corrected chi connectivity index (χ0v) is 18.1. The highest BCUT2D eigenvalue weighted by Crippen LogP contribution is 2.50. The molecule has 2 aromatic carbocycles. The summed E-state index contributed by atoms with van der Waals surface area (Å²) in [5.41, 5.74) is 1.82. The highest BCUT2D eigenvalue weighted by Gasteiger charge is 2.34. The quantitative estimate of drug-likeness (QED) is 0.509. The van der Waals surface area contributed by atoms with Gasteiger partial charge in [-0.3, -0.25) is 0 Å². The number of thioether (sulfide) groups is 1. The van der Waals surface area contributed by atoms with Gasteiger partial charge in [-0.15, -0.1) is 0 Å². The Morgan fingerprint density at radius 3 is 2.22 bits per heavy atom. The van der Waals surface area contributed by atoms with Gasteiger partial charge in [0.1, 0.15) is 5.75 Å². The Balaban J connectivity index is 1.95. The van der Waals surface area contributed by atoms with Crippen molar-refractivity contribution < 1.29 is 31.2 Å². The number of alkyl halides is 2. The third kappa shape index (κ3) is 6.57. The summed E-state index contributed by atoms with van der Waals surface area (Å²) in [7, 11) is -8.24. The highest BCUT2D eigenvalue weighted by atomic mass is 79.9.